The molecule has 0 radical (unpaired) electrons. The Morgan fingerprint density at radius 1 is 1.00 bits per heavy atom. The van der Waals surface area contributed by atoms with Crippen molar-refractivity contribution in [2.45, 2.75) is 25.2 Å². The predicted molar refractivity (Wildman–Crippen MR) is 80.6 cm³/mol. The highest BCUT2D eigenvalue weighted by Crippen LogP contribution is 2.33. The summed E-state index contributed by atoms with van der Waals surface area (Å²) in [5, 5.41) is 0. The Morgan fingerprint density at radius 2 is 1.84 bits per heavy atom. The first-order chi connectivity index (χ1) is 9.33. The third kappa shape index (κ3) is 2.70. The van der Waals surface area contributed by atoms with Crippen LogP contribution < -0.4 is 5.73 Å². The Kier molecular flexibility index (Phi) is 3.37. The van der Waals surface area contributed by atoms with Crippen molar-refractivity contribution < 1.29 is 0 Å². The molecular formula is C18H19N. The van der Waals surface area contributed by atoms with Crippen molar-refractivity contribution in [2.24, 2.45) is 5.73 Å². The van der Waals surface area contributed by atoms with Gasteiger partial charge in [0.15, 0.2) is 0 Å². The second kappa shape index (κ2) is 5.31. The van der Waals surface area contributed by atoms with Crippen molar-refractivity contribution in [3.8, 4) is 0 Å². The van der Waals surface area contributed by atoms with E-state index in [1.165, 1.54) is 16.7 Å². The van der Waals surface area contributed by atoms with Gasteiger partial charge < -0.3 is 5.73 Å². The van der Waals surface area contributed by atoms with Crippen LogP contribution in [0.2, 0.25) is 0 Å². The van der Waals surface area contributed by atoms with Crippen molar-refractivity contribution >= 4 is 0 Å². The molecule has 2 N–H and O–H groups in total. The summed E-state index contributed by atoms with van der Waals surface area (Å²) < 4.78 is 0. The van der Waals surface area contributed by atoms with Crippen LogP contribution in [0.25, 0.3) is 0 Å². The molecule has 2 aliphatic rings. The lowest BCUT2D eigenvalue weighted by Crippen LogP contribution is -2.10. The molecule has 1 aromatic rings. The largest absolute Gasteiger partial charge is 0.402 e. The average molecular weight is 249 g/mol. The molecule has 1 atom stereocenters. The maximum absolute atomic E-state index is 6.13. The van der Waals surface area contributed by atoms with E-state index in [1.54, 1.807) is 0 Å². The summed E-state index contributed by atoms with van der Waals surface area (Å²) in [5.74, 6) is 0.400. The van der Waals surface area contributed by atoms with E-state index < -0.39 is 0 Å². The molecule has 0 aliphatic heterocycles. The third-order valence-electron chi connectivity index (χ3n) is 3.73. The zero-order chi connectivity index (χ0) is 13.1. The normalized spacial score (nSPS) is 22.5. The molecule has 0 heterocycles. The highest BCUT2D eigenvalue weighted by molar-refractivity contribution is 5.52. The van der Waals surface area contributed by atoms with Gasteiger partial charge >= 0.3 is 0 Å². The van der Waals surface area contributed by atoms with E-state index in [-0.39, 0.29) is 0 Å². The van der Waals surface area contributed by atoms with E-state index in [0.717, 1.165) is 25.0 Å². The molecule has 0 fully saturated rings. The van der Waals surface area contributed by atoms with Crippen LogP contribution >= 0.6 is 0 Å². The SMILES string of the molecule is NC1=CC(C2=CCCC=C2)=CC(c2ccccc2)C1. The first-order valence-electron chi connectivity index (χ1n) is 6.93. The Labute approximate surface area is 114 Å². The highest BCUT2D eigenvalue weighted by atomic mass is 14.6. The van der Waals surface area contributed by atoms with E-state index in [1.807, 2.05) is 0 Å². The summed E-state index contributed by atoms with van der Waals surface area (Å²) in [4.78, 5) is 0. The third-order valence-corrected chi connectivity index (χ3v) is 3.73. The maximum Gasteiger partial charge on any atom is 0.00958 e. The minimum Gasteiger partial charge on any atom is -0.402 e. The standard InChI is InChI=1S/C18H19N/c19-18-12-16(14-7-3-1-4-8-14)11-17(13-18)15-9-5-2-6-10-15/h1,3-5,7-11,13,16H,2,6,12,19H2. The summed E-state index contributed by atoms with van der Waals surface area (Å²) in [6.07, 6.45) is 14.4. The second-order valence-electron chi connectivity index (χ2n) is 5.20. The minimum atomic E-state index is 0.400. The summed E-state index contributed by atoms with van der Waals surface area (Å²) in [7, 11) is 0. The smallest absolute Gasteiger partial charge is 0.00958 e. The van der Waals surface area contributed by atoms with Gasteiger partial charge in [0.05, 0.1) is 0 Å². The number of benzene rings is 1. The van der Waals surface area contributed by atoms with Gasteiger partial charge in [-0.1, -0.05) is 54.6 Å². The van der Waals surface area contributed by atoms with Crippen molar-refractivity contribution in [3.63, 3.8) is 0 Å². The molecule has 2 aliphatic carbocycles. The van der Waals surface area contributed by atoms with E-state index in [0.29, 0.717) is 5.92 Å². The predicted octanol–water partition coefficient (Wildman–Crippen LogP) is 4.22. The lowest BCUT2D eigenvalue weighted by molar-refractivity contribution is 0.796. The van der Waals surface area contributed by atoms with Crippen LogP contribution in [-0.2, 0) is 0 Å². The molecule has 96 valence electrons. The Hall–Kier alpha value is -2.02. The lowest BCUT2D eigenvalue weighted by atomic mass is 9.85. The van der Waals surface area contributed by atoms with Gasteiger partial charge in [-0.2, -0.15) is 0 Å². The first-order valence-corrected chi connectivity index (χ1v) is 6.93. The van der Waals surface area contributed by atoms with Gasteiger partial charge in [-0.3, -0.25) is 0 Å². The van der Waals surface area contributed by atoms with Crippen LogP contribution in [0.4, 0.5) is 0 Å². The molecule has 19 heavy (non-hydrogen) atoms. The molecule has 0 spiro atoms. The quantitative estimate of drug-likeness (QED) is 0.834. The van der Waals surface area contributed by atoms with Crippen LogP contribution in [0.1, 0.15) is 30.7 Å². The van der Waals surface area contributed by atoms with Gasteiger partial charge in [0.2, 0.25) is 0 Å². The topological polar surface area (TPSA) is 26.0 Å². The molecule has 0 amide bonds. The molecule has 0 saturated carbocycles. The van der Waals surface area contributed by atoms with Crippen LogP contribution in [0, 0.1) is 0 Å². The van der Waals surface area contributed by atoms with E-state index in [9.17, 15) is 0 Å². The maximum atomic E-state index is 6.13. The van der Waals surface area contributed by atoms with Gasteiger partial charge in [0.25, 0.3) is 0 Å². The van der Waals surface area contributed by atoms with Gasteiger partial charge in [-0.15, -0.1) is 0 Å². The number of rotatable bonds is 2. The van der Waals surface area contributed by atoms with Crippen molar-refractivity contribution in [3.05, 3.63) is 83.1 Å². The summed E-state index contributed by atoms with van der Waals surface area (Å²) in [6.45, 7) is 0. The van der Waals surface area contributed by atoms with E-state index >= 15 is 0 Å². The number of allylic oxidation sites excluding steroid dienone is 8. The Morgan fingerprint density at radius 3 is 2.58 bits per heavy atom. The van der Waals surface area contributed by atoms with Gasteiger partial charge in [-0.25, -0.2) is 0 Å². The molecule has 0 saturated heterocycles. The van der Waals surface area contributed by atoms with E-state index in [2.05, 4.69) is 60.7 Å². The van der Waals surface area contributed by atoms with Crippen molar-refractivity contribution in [2.75, 3.05) is 0 Å². The monoisotopic (exact) mass is 249 g/mol. The van der Waals surface area contributed by atoms with Crippen LogP contribution in [0.3, 0.4) is 0 Å². The molecule has 1 unspecified atom stereocenters. The fourth-order valence-electron chi connectivity index (χ4n) is 2.76. The van der Waals surface area contributed by atoms with Crippen molar-refractivity contribution in [1.82, 2.24) is 0 Å². The zero-order valence-electron chi connectivity index (χ0n) is 11.0. The number of nitrogens with two attached hydrogens (primary N) is 1. The molecule has 1 aromatic carbocycles. The molecule has 1 nitrogen and oxygen atoms in total. The average Bonchev–Trinajstić information content (AvgIpc) is 2.48. The minimum absolute atomic E-state index is 0.400. The highest BCUT2D eigenvalue weighted by Gasteiger charge is 2.16. The van der Waals surface area contributed by atoms with Crippen LogP contribution in [-0.4, -0.2) is 0 Å². The molecule has 0 aromatic heterocycles. The van der Waals surface area contributed by atoms with Gasteiger partial charge in [0.1, 0.15) is 0 Å². The van der Waals surface area contributed by atoms with Gasteiger partial charge in [0, 0.05) is 11.6 Å². The molecule has 3 rings (SSSR count). The fraction of sp³-hybridized carbons (Fsp3) is 0.222. The Balaban J connectivity index is 1.93. The summed E-state index contributed by atoms with van der Waals surface area (Å²) in [6, 6.07) is 10.6. The number of hydrogen-bond donors (Lipinski definition) is 1. The van der Waals surface area contributed by atoms with Crippen molar-refractivity contribution in [1.29, 1.82) is 0 Å². The fourth-order valence-corrected chi connectivity index (χ4v) is 2.76. The zero-order valence-corrected chi connectivity index (χ0v) is 11.0. The van der Waals surface area contributed by atoms with Crippen LogP contribution in [0.15, 0.2) is 77.6 Å². The molecule has 0 bridgehead atoms. The first kappa shape index (κ1) is 12.0. The summed E-state index contributed by atoms with van der Waals surface area (Å²) >= 11 is 0. The van der Waals surface area contributed by atoms with Gasteiger partial charge in [-0.05, 0) is 42.0 Å². The van der Waals surface area contributed by atoms with E-state index in [4.69, 9.17) is 5.73 Å². The van der Waals surface area contributed by atoms with Crippen LogP contribution in [0.5, 0.6) is 0 Å². The Bertz CT molecular complexity index is 573. The molecular weight excluding hydrogens is 230 g/mol. The number of hydrogen-bond acceptors (Lipinski definition) is 1. The molecule has 1 heteroatoms. The summed E-state index contributed by atoms with van der Waals surface area (Å²) in [5.41, 5.74) is 11.0. The lowest BCUT2D eigenvalue weighted by Gasteiger charge is -2.21. The second-order valence-corrected chi connectivity index (χ2v) is 5.20.